The van der Waals surface area contributed by atoms with Crippen molar-refractivity contribution in [2.45, 2.75) is 37.6 Å². The topological polar surface area (TPSA) is 66.4 Å². The number of hydrogen-bond acceptors (Lipinski definition) is 2. The number of amides is 1. The lowest BCUT2D eigenvalue weighted by Gasteiger charge is -2.48. The average Bonchev–Trinajstić information content (AvgIpc) is 1.99. The molecule has 2 fully saturated rings. The summed E-state index contributed by atoms with van der Waals surface area (Å²) in [6.07, 6.45) is 3.68. The Morgan fingerprint density at radius 3 is 2.77 bits per heavy atom. The molecule has 1 amide bonds. The molecule has 1 saturated carbocycles. The summed E-state index contributed by atoms with van der Waals surface area (Å²) in [5, 5.41) is 11.6. The van der Waals surface area contributed by atoms with Gasteiger partial charge in [0, 0.05) is 12.0 Å². The fourth-order valence-electron chi connectivity index (χ4n) is 2.37. The van der Waals surface area contributed by atoms with E-state index in [4.69, 9.17) is 5.11 Å². The Balaban J connectivity index is 1.95. The second-order valence-electron chi connectivity index (χ2n) is 4.13. The highest BCUT2D eigenvalue weighted by molar-refractivity contribution is 5.79. The van der Waals surface area contributed by atoms with Crippen molar-refractivity contribution in [2.75, 3.05) is 0 Å². The number of nitrogens with one attached hydrogen (secondary N) is 1. The van der Waals surface area contributed by atoms with E-state index in [9.17, 15) is 9.59 Å². The first-order chi connectivity index (χ1) is 6.11. The van der Waals surface area contributed by atoms with Crippen LogP contribution < -0.4 is 5.32 Å². The molecule has 13 heavy (non-hydrogen) atoms. The molecule has 2 N–H and O–H groups in total. The normalized spacial score (nSPS) is 38.2. The molecule has 2 aliphatic rings. The zero-order chi connectivity index (χ0) is 9.47. The smallest absolute Gasteiger partial charge is 0.306 e. The van der Waals surface area contributed by atoms with E-state index in [1.54, 1.807) is 0 Å². The van der Waals surface area contributed by atoms with Crippen LogP contribution in [0.15, 0.2) is 0 Å². The number of piperidine rings is 1. The molecule has 1 spiro atoms. The average molecular weight is 183 g/mol. The van der Waals surface area contributed by atoms with Crippen LogP contribution in [0.3, 0.4) is 0 Å². The first kappa shape index (κ1) is 8.53. The van der Waals surface area contributed by atoms with Crippen LogP contribution in [0.4, 0.5) is 0 Å². The predicted octanol–water partition coefficient (Wildman–Crippen LogP) is 0.520. The Morgan fingerprint density at radius 1 is 1.54 bits per heavy atom. The lowest BCUT2D eigenvalue weighted by atomic mass is 9.64. The molecule has 2 rings (SSSR count). The van der Waals surface area contributed by atoms with Crippen LogP contribution in [0.1, 0.15) is 32.1 Å². The molecule has 0 bridgehead atoms. The largest absolute Gasteiger partial charge is 0.481 e. The number of carbonyl (C=O) groups is 2. The van der Waals surface area contributed by atoms with Crippen LogP contribution in [-0.4, -0.2) is 22.5 Å². The molecule has 1 saturated heterocycles. The minimum absolute atomic E-state index is 0.0788. The molecule has 0 aromatic rings. The van der Waals surface area contributed by atoms with E-state index in [0.29, 0.717) is 19.3 Å². The summed E-state index contributed by atoms with van der Waals surface area (Å²) in [4.78, 5) is 21.7. The van der Waals surface area contributed by atoms with Gasteiger partial charge in [-0.15, -0.1) is 0 Å². The van der Waals surface area contributed by atoms with E-state index < -0.39 is 5.97 Å². The maximum absolute atomic E-state index is 11.1. The molecule has 0 atom stereocenters. The van der Waals surface area contributed by atoms with Gasteiger partial charge in [0.05, 0.1) is 5.92 Å². The van der Waals surface area contributed by atoms with Gasteiger partial charge in [0.2, 0.25) is 5.91 Å². The first-order valence-electron chi connectivity index (χ1n) is 4.65. The van der Waals surface area contributed by atoms with Gasteiger partial charge in [0.1, 0.15) is 0 Å². The summed E-state index contributed by atoms with van der Waals surface area (Å²) in [7, 11) is 0. The van der Waals surface area contributed by atoms with E-state index in [2.05, 4.69) is 5.32 Å². The Hall–Kier alpha value is -1.06. The van der Waals surface area contributed by atoms with Crippen molar-refractivity contribution in [3.63, 3.8) is 0 Å². The molecule has 0 radical (unpaired) electrons. The van der Waals surface area contributed by atoms with Crippen molar-refractivity contribution in [3.8, 4) is 0 Å². The summed E-state index contributed by atoms with van der Waals surface area (Å²) in [6.45, 7) is 0. The highest BCUT2D eigenvalue weighted by Crippen LogP contribution is 2.43. The van der Waals surface area contributed by atoms with Crippen LogP contribution in [-0.2, 0) is 9.59 Å². The minimum Gasteiger partial charge on any atom is -0.481 e. The summed E-state index contributed by atoms with van der Waals surface area (Å²) in [6, 6.07) is 0. The molecular weight excluding hydrogens is 170 g/mol. The van der Waals surface area contributed by atoms with Crippen LogP contribution >= 0.6 is 0 Å². The summed E-state index contributed by atoms with van der Waals surface area (Å²) < 4.78 is 0. The second kappa shape index (κ2) is 2.72. The maximum atomic E-state index is 11.1. The molecule has 1 aliphatic heterocycles. The number of carbonyl (C=O) groups excluding carboxylic acids is 1. The van der Waals surface area contributed by atoms with Crippen molar-refractivity contribution in [1.29, 1.82) is 0 Å². The number of hydrogen-bond donors (Lipinski definition) is 2. The van der Waals surface area contributed by atoms with Crippen molar-refractivity contribution in [3.05, 3.63) is 0 Å². The minimum atomic E-state index is -0.731. The monoisotopic (exact) mass is 183 g/mol. The van der Waals surface area contributed by atoms with E-state index >= 15 is 0 Å². The standard InChI is InChI=1S/C9H13NO3/c11-7-2-1-3-9(10-7)4-6(5-9)8(12)13/h6H,1-5H2,(H,10,11)(H,12,13)/t6-,9+. The predicted molar refractivity (Wildman–Crippen MR) is 45.1 cm³/mol. The third-order valence-electron chi connectivity index (χ3n) is 3.09. The molecule has 4 heteroatoms. The fraction of sp³-hybridized carbons (Fsp3) is 0.778. The Kier molecular flexibility index (Phi) is 1.78. The second-order valence-corrected chi connectivity index (χ2v) is 4.13. The zero-order valence-corrected chi connectivity index (χ0v) is 7.38. The van der Waals surface area contributed by atoms with Crippen LogP contribution in [0.25, 0.3) is 0 Å². The fourth-order valence-corrected chi connectivity index (χ4v) is 2.37. The van der Waals surface area contributed by atoms with Gasteiger partial charge >= 0.3 is 5.97 Å². The Morgan fingerprint density at radius 2 is 2.23 bits per heavy atom. The molecule has 1 aliphatic carbocycles. The highest BCUT2D eigenvalue weighted by Gasteiger charge is 2.49. The van der Waals surface area contributed by atoms with Crippen molar-refractivity contribution < 1.29 is 14.7 Å². The molecule has 1 heterocycles. The van der Waals surface area contributed by atoms with Crippen LogP contribution in [0.5, 0.6) is 0 Å². The van der Waals surface area contributed by atoms with E-state index in [-0.39, 0.29) is 17.4 Å². The van der Waals surface area contributed by atoms with E-state index in [1.807, 2.05) is 0 Å². The lowest BCUT2D eigenvalue weighted by molar-refractivity contribution is -0.150. The maximum Gasteiger partial charge on any atom is 0.306 e. The van der Waals surface area contributed by atoms with Crippen molar-refractivity contribution in [1.82, 2.24) is 5.32 Å². The summed E-state index contributed by atoms with van der Waals surface area (Å²) >= 11 is 0. The van der Waals surface area contributed by atoms with Crippen LogP contribution in [0, 0.1) is 5.92 Å². The summed E-state index contributed by atoms with van der Waals surface area (Å²) in [5.74, 6) is -0.890. The van der Waals surface area contributed by atoms with Gasteiger partial charge in [-0.1, -0.05) is 0 Å². The zero-order valence-electron chi connectivity index (χ0n) is 7.38. The van der Waals surface area contributed by atoms with Gasteiger partial charge in [-0.05, 0) is 25.7 Å². The van der Waals surface area contributed by atoms with E-state index in [1.165, 1.54) is 0 Å². The molecule has 4 nitrogen and oxygen atoms in total. The number of carboxylic acids is 1. The van der Waals surface area contributed by atoms with Crippen molar-refractivity contribution >= 4 is 11.9 Å². The lowest BCUT2D eigenvalue weighted by Crippen LogP contribution is -2.60. The Bertz CT molecular complexity index is 256. The first-order valence-corrected chi connectivity index (χ1v) is 4.65. The van der Waals surface area contributed by atoms with Gasteiger partial charge in [-0.3, -0.25) is 9.59 Å². The number of carboxylic acid groups (broad SMARTS) is 1. The molecule has 72 valence electrons. The number of rotatable bonds is 1. The third kappa shape index (κ3) is 1.41. The molecular formula is C9H13NO3. The summed E-state index contributed by atoms with van der Waals surface area (Å²) in [5.41, 5.74) is -0.154. The molecule has 0 unspecified atom stereocenters. The quantitative estimate of drug-likeness (QED) is 0.622. The van der Waals surface area contributed by atoms with Crippen molar-refractivity contribution in [2.24, 2.45) is 5.92 Å². The number of aliphatic carboxylic acids is 1. The van der Waals surface area contributed by atoms with E-state index in [0.717, 1.165) is 12.8 Å². The molecule has 0 aromatic carbocycles. The van der Waals surface area contributed by atoms with Gasteiger partial charge in [0.15, 0.2) is 0 Å². The third-order valence-corrected chi connectivity index (χ3v) is 3.09. The van der Waals surface area contributed by atoms with Crippen LogP contribution in [0.2, 0.25) is 0 Å². The van der Waals surface area contributed by atoms with Gasteiger partial charge in [0.25, 0.3) is 0 Å². The Labute approximate surface area is 76.3 Å². The highest BCUT2D eigenvalue weighted by atomic mass is 16.4. The van der Waals surface area contributed by atoms with Gasteiger partial charge in [-0.25, -0.2) is 0 Å². The SMILES string of the molecule is O=C1CCC[C@]2(C[C@H](C(=O)O)C2)N1. The van der Waals surface area contributed by atoms with Gasteiger partial charge in [-0.2, -0.15) is 0 Å². The molecule has 0 aromatic heterocycles. The van der Waals surface area contributed by atoms with Gasteiger partial charge < -0.3 is 10.4 Å².